The van der Waals surface area contributed by atoms with Gasteiger partial charge in [0.15, 0.2) is 0 Å². The number of aryl methyl sites for hydroxylation is 1. The molecule has 1 aromatic heterocycles. The fourth-order valence-electron chi connectivity index (χ4n) is 2.59. The summed E-state index contributed by atoms with van der Waals surface area (Å²) in [6.45, 7) is 3.40. The van der Waals surface area contributed by atoms with Crippen molar-refractivity contribution in [3.05, 3.63) is 29.6 Å². The number of carbonyl (C=O) groups is 2. The first-order chi connectivity index (χ1) is 10.1. The number of amides is 2. The molecule has 1 aliphatic heterocycles. The van der Waals surface area contributed by atoms with Crippen LogP contribution in [0.4, 0.5) is 4.79 Å². The summed E-state index contributed by atoms with van der Waals surface area (Å²) in [5, 5.41) is 11.9. The smallest absolute Gasteiger partial charge is 0.317 e. The van der Waals surface area contributed by atoms with E-state index >= 15 is 0 Å². The number of piperidine rings is 1. The summed E-state index contributed by atoms with van der Waals surface area (Å²) in [5.74, 6) is -1.27. The Morgan fingerprint density at radius 1 is 1.48 bits per heavy atom. The van der Waals surface area contributed by atoms with Gasteiger partial charge in [0.2, 0.25) is 0 Å². The van der Waals surface area contributed by atoms with E-state index in [1.54, 1.807) is 11.1 Å². The van der Waals surface area contributed by atoms with Gasteiger partial charge in [0, 0.05) is 32.0 Å². The van der Waals surface area contributed by atoms with Crippen molar-refractivity contribution in [2.45, 2.75) is 32.7 Å². The van der Waals surface area contributed by atoms with Gasteiger partial charge in [-0.15, -0.1) is 0 Å². The van der Waals surface area contributed by atoms with Crippen LogP contribution in [0.15, 0.2) is 18.5 Å². The van der Waals surface area contributed by atoms with Crippen LogP contribution in [0.1, 0.15) is 30.9 Å². The van der Waals surface area contributed by atoms with Gasteiger partial charge < -0.3 is 15.3 Å². The van der Waals surface area contributed by atoms with Crippen molar-refractivity contribution >= 4 is 12.0 Å². The Kier molecular flexibility index (Phi) is 5.14. The molecule has 0 radical (unpaired) electrons. The van der Waals surface area contributed by atoms with E-state index < -0.39 is 11.9 Å². The number of aromatic nitrogens is 1. The van der Waals surface area contributed by atoms with E-state index in [4.69, 9.17) is 5.11 Å². The van der Waals surface area contributed by atoms with Crippen LogP contribution in [0.3, 0.4) is 0 Å². The number of aliphatic carboxylic acids is 1. The minimum absolute atomic E-state index is 0.195. The summed E-state index contributed by atoms with van der Waals surface area (Å²) >= 11 is 0. The van der Waals surface area contributed by atoms with Gasteiger partial charge in [-0.25, -0.2) is 4.79 Å². The van der Waals surface area contributed by atoms with Crippen LogP contribution in [0.5, 0.6) is 0 Å². The standard InChI is InChI=1S/C15H21N3O3/c1-2-11-8-16-6-5-12(11)9-17-15(21)18-7-3-4-13(10-18)14(19)20/h5-6,8,13H,2-4,7,9-10H2,1H3,(H,17,21)(H,19,20). The molecule has 6 nitrogen and oxygen atoms in total. The van der Waals surface area contributed by atoms with Crippen molar-refractivity contribution in [2.75, 3.05) is 13.1 Å². The lowest BCUT2D eigenvalue weighted by atomic mass is 9.99. The van der Waals surface area contributed by atoms with Gasteiger partial charge in [-0.05, 0) is 36.5 Å². The number of carbonyl (C=O) groups excluding carboxylic acids is 1. The van der Waals surface area contributed by atoms with Crippen molar-refractivity contribution in [2.24, 2.45) is 5.92 Å². The molecular formula is C15H21N3O3. The van der Waals surface area contributed by atoms with E-state index in [2.05, 4.69) is 10.3 Å². The van der Waals surface area contributed by atoms with Crippen LogP contribution in [0, 0.1) is 5.92 Å². The first-order valence-corrected chi connectivity index (χ1v) is 7.29. The summed E-state index contributed by atoms with van der Waals surface area (Å²) in [5.41, 5.74) is 2.16. The van der Waals surface area contributed by atoms with Crippen LogP contribution in [0.2, 0.25) is 0 Å². The van der Waals surface area contributed by atoms with Crippen molar-refractivity contribution in [1.82, 2.24) is 15.2 Å². The minimum Gasteiger partial charge on any atom is -0.481 e. The zero-order valence-electron chi connectivity index (χ0n) is 12.2. The normalized spacial score (nSPS) is 18.3. The molecule has 2 N–H and O–H groups in total. The molecule has 1 atom stereocenters. The summed E-state index contributed by atoms with van der Waals surface area (Å²) in [6.07, 6.45) is 5.76. The molecule has 1 aromatic rings. The zero-order valence-corrected chi connectivity index (χ0v) is 12.2. The molecule has 0 spiro atoms. The molecule has 1 aliphatic rings. The van der Waals surface area contributed by atoms with E-state index in [0.29, 0.717) is 19.5 Å². The molecule has 0 aromatic carbocycles. The molecule has 2 amide bonds. The van der Waals surface area contributed by atoms with E-state index in [9.17, 15) is 9.59 Å². The lowest BCUT2D eigenvalue weighted by Gasteiger charge is -2.30. The molecule has 1 fully saturated rings. The van der Waals surface area contributed by atoms with Gasteiger partial charge in [0.1, 0.15) is 0 Å². The SMILES string of the molecule is CCc1cnccc1CNC(=O)N1CCCC(C(=O)O)C1. The molecular weight excluding hydrogens is 270 g/mol. The maximum Gasteiger partial charge on any atom is 0.317 e. The number of hydrogen-bond acceptors (Lipinski definition) is 3. The zero-order chi connectivity index (χ0) is 15.2. The van der Waals surface area contributed by atoms with Crippen molar-refractivity contribution < 1.29 is 14.7 Å². The Labute approximate surface area is 124 Å². The van der Waals surface area contributed by atoms with E-state index in [0.717, 1.165) is 24.0 Å². The maximum atomic E-state index is 12.1. The average molecular weight is 291 g/mol. The predicted molar refractivity (Wildman–Crippen MR) is 77.8 cm³/mol. The highest BCUT2D eigenvalue weighted by molar-refractivity contribution is 5.76. The van der Waals surface area contributed by atoms with Gasteiger partial charge in [0.25, 0.3) is 0 Å². The van der Waals surface area contributed by atoms with Crippen LogP contribution in [-0.4, -0.2) is 40.1 Å². The predicted octanol–water partition coefficient (Wildman–Crippen LogP) is 1.65. The molecule has 21 heavy (non-hydrogen) atoms. The topological polar surface area (TPSA) is 82.5 Å². The molecule has 0 saturated carbocycles. The van der Waals surface area contributed by atoms with Gasteiger partial charge in [0.05, 0.1) is 5.92 Å². The monoisotopic (exact) mass is 291 g/mol. The highest BCUT2D eigenvalue weighted by atomic mass is 16.4. The third kappa shape index (κ3) is 3.93. The summed E-state index contributed by atoms with van der Waals surface area (Å²) < 4.78 is 0. The molecule has 2 heterocycles. The lowest BCUT2D eigenvalue weighted by molar-refractivity contribution is -0.143. The van der Waals surface area contributed by atoms with Crippen molar-refractivity contribution in [3.8, 4) is 0 Å². The van der Waals surface area contributed by atoms with Crippen molar-refractivity contribution in [1.29, 1.82) is 0 Å². The first-order valence-electron chi connectivity index (χ1n) is 7.29. The Hall–Kier alpha value is -2.11. The van der Waals surface area contributed by atoms with E-state index in [1.807, 2.05) is 19.2 Å². The van der Waals surface area contributed by atoms with Crippen LogP contribution in [0.25, 0.3) is 0 Å². The molecule has 114 valence electrons. The number of nitrogens with zero attached hydrogens (tertiary/aromatic N) is 2. The number of likely N-dealkylation sites (tertiary alicyclic amines) is 1. The largest absolute Gasteiger partial charge is 0.481 e. The Bertz CT molecular complexity index is 519. The number of hydrogen-bond donors (Lipinski definition) is 2. The second-order valence-electron chi connectivity index (χ2n) is 5.28. The third-order valence-corrected chi connectivity index (χ3v) is 3.87. The molecule has 2 rings (SSSR count). The quantitative estimate of drug-likeness (QED) is 0.883. The summed E-state index contributed by atoms with van der Waals surface area (Å²) in [4.78, 5) is 28.8. The van der Waals surface area contributed by atoms with Crippen LogP contribution in [-0.2, 0) is 17.8 Å². The third-order valence-electron chi connectivity index (χ3n) is 3.87. The van der Waals surface area contributed by atoms with E-state index in [1.165, 1.54) is 0 Å². The van der Waals surface area contributed by atoms with Crippen LogP contribution < -0.4 is 5.32 Å². The first kappa shape index (κ1) is 15.3. The second-order valence-corrected chi connectivity index (χ2v) is 5.28. The van der Waals surface area contributed by atoms with Gasteiger partial charge in [-0.3, -0.25) is 9.78 Å². The average Bonchev–Trinajstić information content (AvgIpc) is 2.52. The highest BCUT2D eigenvalue weighted by Gasteiger charge is 2.27. The minimum atomic E-state index is -0.824. The number of pyridine rings is 1. The second kappa shape index (κ2) is 7.06. The lowest BCUT2D eigenvalue weighted by Crippen LogP contribution is -2.46. The van der Waals surface area contributed by atoms with E-state index in [-0.39, 0.29) is 12.6 Å². The summed E-state index contributed by atoms with van der Waals surface area (Å²) in [6, 6.07) is 1.70. The number of nitrogens with one attached hydrogen (secondary N) is 1. The number of carboxylic acids is 1. The molecule has 1 saturated heterocycles. The van der Waals surface area contributed by atoms with Gasteiger partial charge in [-0.1, -0.05) is 6.92 Å². The van der Waals surface area contributed by atoms with Gasteiger partial charge >= 0.3 is 12.0 Å². The molecule has 6 heteroatoms. The number of carboxylic acid groups (broad SMARTS) is 1. The maximum absolute atomic E-state index is 12.1. The van der Waals surface area contributed by atoms with Crippen molar-refractivity contribution in [3.63, 3.8) is 0 Å². The van der Waals surface area contributed by atoms with Gasteiger partial charge in [-0.2, -0.15) is 0 Å². The number of rotatable bonds is 4. The molecule has 0 aliphatic carbocycles. The Morgan fingerprint density at radius 2 is 2.29 bits per heavy atom. The number of urea groups is 1. The fraction of sp³-hybridized carbons (Fsp3) is 0.533. The molecule has 0 bridgehead atoms. The highest BCUT2D eigenvalue weighted by Crippen LogP contribution is 2.16. The summed E-state index contributed by atoms with van der Waals surface area (Å²) in [7, 11) is 0. The Balaban J connectivity index is 1.91. The Morgan fingerprint density at radius 3 is 3.00 bits per heavy atom. The molecule has 1 unspecified atom stereocenters. The van der Waals surface area contributed by atoms with Crippen LogP contribution >= 0.6 is 0 Å². The fourth-order valence-corrected chi connectivity index (χ4v) is 2.59.